The molecule has 0 spiro atoms. The van der Waals surface area contributed by atoms with Crippen LogP contribution >= 0.6 is 0 Å². The summed E-state index contributed by atoms with van der Waals surface area (Å²) in [7, 11) is 3.15. The maximum absolute atomic E-state index is 11.8. The first kappa shape index (κ1) is 15.8. The zero-order valence-electron chi connectivity index (χ0n) is 13.3. The Balaban J connectivity index is 1.93. The summed E-state index contributed by atoms with van der Waals surface area (Å²) in [5.74, 6) is 1.51. The van der Waals surface area contributed by atoms with Gasteiger partial charge in [0, 0.05) is 6.04 Å². The molecule has 1 aromatic carbocycles. The molecule has 116 valence electrons. The minimum Gasteiger partial charge on any atom is -0.496 e. The van der Waals surface area contributed by atoms with Gasteiger partial charge in [-0.25, -0.2) is 0 Å². The third kappa shape index (κ3) is 3.56. The predicted octanol–water partition coefficient (Wildman–Crippen LogP) is 2.73. The highest BCUT2D eigenvalue weighted by atomic mass is 16.5. The van der Waals surface area contributed by atoms with E-state index in [1.807, 2.05) is 32.0 Å². The molecule has 1 N–H and O–H groups in total. The number of carbonyl (C=O) groups is 1. The van der Waals surface area contributed by atoms with Gasteiger partial charge in [0.2, 0.25) is 0 Å². The second-order valence-corrected chi connectivity index (χ2v) is 6.02. The van der Waals surface area contributed by atoms with Crippen LogP contribution in [0.3, 0.4) is 0 Å². The number of rotatable bonds is 6. The van der Waals surface area contributed by atoms with Gasteiger partial charge in [-0.15, -0.1) is 0 Å². The van der Waals surface area contributed by atoms with Gasteiger partial charge in [-0.1, -0.05) is 32.0 Å². The molecule has 2 rings (SSSR count). The summed E-state index contributed by atoms with van der Waals surface area (Å²) < 4.78 is 10.3. The first-order chi connectivity index (χ1) is 10.1. The van der Waals surface area contributed by atoms with Gasteiger partial charge in [0.05, 0.1) is 14.2 Å². The normalized spacial score (nSPS) is 22.5. The Kier molecular flexibility index (Phi) is 5.23. The van der Waals surface area contributed by atoms with Gasteiger partial charge in [0.1, 0.15) is 11.8 Å². The Morgan fingerprint density at radius 2 is 1.90 bits per heavy atom. The summed E-state index contributed by atoms with van der Waals surface area (Å²) in [6.07, 6.45) is 2.06. The number of nitrogens with one attached hydrogen (secondary N) is 1. The smallest absolute Gasteiger partial charge is 0.323 e. The quantitative estimate of drug-likeness (QED) is 0.819. The molecule has 1 aliphatic rings. The number of hydrogen-bond donors (Lipinski definition) is 1. The minimum absolute atomic E-state index is 0.175. The fourth-order valence-corrected chi connectivity index (χ4v) is 2.93. The highest BCUT2D eigenvalue weighted by molar-refractivity contribution is 5.76. The predicted molar refractivity (Wildman–Crippen MR) is 82.5 cm³/mol. The fourth-order valence-electron chi connectivity index (χ4n) is 2.93. The molecule has 1 aliphatic carbocycles. The third-order valence-electron chi connectivity index (χ3n) is 4.25. The molecule has 1 aromatic rings. The zero-order valence-corrected chi connectivity index (χ0v) is 13.3. The summed E-state index contributed by atoms with van der Waals surface area (Å²) >= 11 is 0. The summed E-state index contributed by atoms with van der Waals surface area (Å²) in [6.45, 7) is 4.07. The van der Waals surface area contributed by atoms with Gasteiger partial charge in [-0.3, -0.25) is 4.79 Å². The van der Waals surface area contributed by atoms with E-state index in [0.717, 1.165) is 18.6 Å². The highest BCUT2D eigenvalue weighted by Crippen LogP contribution is 2.41. The third-order valence-corrected chi connectivity index (χ3v) is 4.25. The number of benzene rings is 1. The SMILES string of the molecule is COC(=O)C(NC1CC(c2ccccc2OC)C1)C(C)C. The summed E-state index contributed by atoms with van der Waals surface area (Å²) in [5, 5.41) is 3.43. The number of para-hydroxylation sites is 1. The second-order valence-electron chi connectivity index (χ2n) is 6.02. The topological polar surface area (TPSA) is 47.6 Å². The lowest BCUT2D eigenvalue weighted by molar-refractivity contribution is -0.144. The van der Waals surface area contributed by atoms with E-state index < -0.39 is 0 Å². The van der Waals surface area contributed by atoms with Crippen LogP contribution < -0.4 is 10.1 Å². The van der Waals surface area contributed by atoms with Gasteiger partial charge in [-0.2, -0.15) is 0 Å². The molecule has 0 aromatic heterocycles. The van der Waals surface area contributed by atoms with E-state index >= 15 is 0 Å². The Bertz CT molecular complexity index is 481. The van der Waals surface area contributed by atoms with E-state index in [0.29, 0.717) is 12.0 Å². The average Bonchev–Trinajstić information content (AvgIpc) is 2.45. The van der Waals surface area contributed by atoms with Crippen LogP contribution in [0.1, 0.15) is 38.2 Å². The average molecular weight is 291 g/mol. The van der Waals surface area contributed by atoms with Crippen molar-refractivity contribution in [2.45, 2.75) is 44.7 Å². The molecule has 0 saturated heterocycles. The van der Waals surface area contributed by atoms with Crippen LogP contribution in [0.5, 0.6) is 5.75 Å². The van der Waals surface area contributed by atoms with Crippen molar-refractivity contribution in [2.24, 2.45) is 5.92 Å². The van der Waals surface area contributed by atoms with Crippen molar-refractivity contribution in [3.8, 4) is 5.75 Å². The van der Waals surface area contributed by atoms with Gasteiger partial charge < -0.3 is 14.8 Å². The molecular formula is C17H25NO3. The standard InChI is InChI=1S/C17H25NO3/c1-11(2)16(17(19)21-4)18-13-9-12(10-13)14-7-5-6-8-15(14)20-3/h5-8,11-13,16,18H,9-10H2,1-4H3. The summed E-state index contributed by atoms with van der Waals surface area (Å²) in [6, 6.07) is 8.30. The lowest BCUT2D eigenvalue weighted by Crippen LogP contribution is -2.51. The molecular weight excluding hydrogens is 266 g/mol. The largest absolute Gasteiger partial charge is 0.496 e. The Hall–Kier alpha value is -1.55. The molecule has 0 radical (unpaired) electrons. The van der Waals surface area contributed by atoms with Gasteiger partial charge in [-0.05, 0) is 36.3 Å². The van der Waals surface area contributed by atoms with Crippen LogP contribution in [-0.4, -0.2) is 32.3 Å². The molecule has 4 nitrogen and oxygen atoms in total. The lowest BCUT2D eigenvalue weighted by atomic mass is 9.75. The van der Waals surface area contributed by atoms with E-state index in [4.69, 9.17) is 9.47 Å². The molecule has 0 heterocycles. The minimum atomic E-state index is -0.224. The van der Waals surface area contributed by atoms with Crippen molar-refractivity contribution in [2.75, 3.05) is 14.2 Å². The van der Waals surface area contributed by atoms with Gasteiger partial charge in [0.15, 0.2) is 0 Å². The Labute approximate surface area is 126 Å². The van der Waals surface area contributed by atoms with Crippen LogP contribution in [0.2, 0.25) is 0 Å². The number of methoxy groups -OCH3 is 2. The maximum atomic E-state index is 11.8. The van der Waals surface area contributed by atoms with Gasteiger partial charge >= 0.3 is 5.97 Å². The summed E-state index contributed by atoms with van der Waals surface area (Å²) in [5.41, 5.74) is 1.26. The summed E-state index contributed by atoms with van der Waals surface area (Å²) in [4.78, 5) is 11.8. The van der Waals surface area contributed by atoms with E-state index in [1.165, 1.54) is 12.7 Å². The molecule has 1 fully saturated rings. The van der Waals surface area contributed by atoms with E-state index in [2.05, 4.69) is 11.4 Å². The fraction of sp³-hybridized carbons (Fsp3) is 0.588. The highest BCUT2D eigenvalue weighted by Gasteiger charge is 2.35. The van der Waals surface area contributed by atoms with Crippen molar-refractivity contribution in [3.05, 3.63) is 29.8 Å². The first-order valence-electron chi connectivity index (χ1n) is 7.53. The molecule has 21 heavy (non-hydrogen) atoms. The van der Waals surface area contributed by atoms with Crippen molar-refractivity contribution in [1.29, 1.82) is 0 Å². The molecule has 4 heteroatoms. The Morgan fingerprint density at radius 1 is 1.24 bits per heavy atom. The number of ether oxygens (including phenoxy) is 2. The maximum Gasteiger partial charge on any atom is 0.323 e. The van der Waals surface area contributed by atoms with Crippen LogP contribution in [0, 0.1) is 5.92 Å². The zero-order chi connectivity index (χ0) is 15.4. The van der Waals surface area contributed by atoms with Crippen molar-refractivity contribution in [3.63, 3.8) is 0 Å². The van der Waals surface area contributed by atoms with E-state index in [1.54, 1.807) is 7.11 Å². The van der Waals surface area contributed by atoms with E-state index in [-0.39, 0.29) is 17.9 Å². The second kappa shape index (κ2) is 6.94. The number of hydrogen-bond acceptors (Lipinski definition) is 4. The molecule has 0 bridgehead atoms. The lowest BCUT2D eigenvalue weighted by Gasteiger charge is -2.39. The van der Waals surface area contributed by atoms with E-state index in [9.17, 15) is 4.79 Å². The van der Waals surface area contributed by atoms with Crippen LogP contribution in [0.25, 0.3) is 0 Å². The van der Waals surface area contributed by atoms with Crippen LogP contribution in [0.4, 0.5) is 0 Å². The molecule has 1 unspecified atom stereocenters. The molecule has 1 saturated carbocycles. The number of esters is 1. The Morgan fingerprint density at radius 3 is 2.48 bits per heavy atom. The van der Waals surface area contributed by atoms with Gasteiger partial charge in [0.25, 0.3) is 0 Å². The van der Waals surface area contributed by atoms with Crippen LogP contribution in [0.15, 0.2) is 24.3 Å². The number of carbonyl (C=O) groups excluding carboxylic acids is 1. The molecule has 0 amide bonds. The van der Waals surface area contributed by atoms with Crippen LogP contribution in [-0.2, 0) is 9.53 Å². The monoisotopic (exact) mass is 291 g/mol. The van der Waals surface area contributed by atoms with Crippen molar-refractivity contribution in [1.82, 2.24) is 5.32 Å². The molecule has 1 atom stereocenters. The molecule has 0 aliphatic heterocycles. The first-order valence-corrected chi connectivity index (χ1v) is 7.53. The van der Waals surface area contributed by atoms with Crippen molar-refractivity contribution < 1.29 is 14.3 Å². The van der Waals surface area contributed by atoms with Crippen molar-refractivity contribution >= 4 is 5.97 Å².